The van der Waals surface area contributed by atoms with Crippen LogP contribution < -0.4 is 15.8 Å². The molecule has 0 aliphatic carbocycles. The smallest absolute Gasteiger partial charge is 0.259 e. The summed E-state index contributed by atoms with van der Waals surface area (Å²) in [7, 11) is 0. The molecule has 1 aromatic heterocycles. The zero-order valence-electron chi connectivity index (χ0n) is 12.3. The minimum Gasteiger partial charge on any atom is -0.489 e. The number of ether oxygens (including phenoxy) is 1. The highest BCUT2D eigenvalue weighted by molar-refractivity contribution is 6.04. The molecule has 120 valence electrons. The van der Waals surface area contributed by atoms with Crippen molar-refractivity contribution in [3.05, 3.63) is 47.7 Å². The van der Waals surface area contributed by atoms with Crippen molar-refractivity contribution in [2.24, 2.45) is 5.73 Å². The SMILES string of the molecule is CC(C)Oc1ccc(F)cc1NC(=O)c1coc(CN)c1.Cl. The Hall–Kier alpha value is -2.05. The third kappa shape index (κ3) is 4.47. The Morgan fingerprint density at radius 2 is 2.14 bits per heavy atom. The molecule has 2 aromatic rings. The largest absolute Gasteiger partial charge is 0.489 e. The van der Waals surface area contributed by atoms with E-state index < -0.39 is 11.7 Å². The van der Waals surface area contributed by atoms with Crippen LogP contribution in [0.4, 0.5) is 10.1 Å². The average Bonchev–Trinajstić information content (AvgIpc) is 2.90. The van der Waals surface area contributed by atoms with Crippen molar-refractivity contribution >= 4 is 24.0 Å². The van der Waals surface area contributed by atoms with Gasteiger partial charge in [0.05, 0.1) is 23.9 Å². The van der Waals surface area contributed by atoms with Crippen molar-refractivity contribution in [2.45, 2.75) is 26.5 Å². The monoisotopic (exact) mass is 328 g/mol. The average molecular weight is 329 g/mol. The number of furan rings is 1. The number of carbonyl (C=O) groups is 1. The van der Waals surface area contributed by atoms with Gasteiger partial charge >= 0.3 is 0 Å². The molecule has 0 atom stereocenters. The first-order chi connectivity index (χ1) is 9.99. The lowest BCUT2D eigenvalue weighted by Crippen LogP contribution is -2.14. The number of carbonyl (C=O) groups excluding carboxylic acids is 1. The molecule has 0 bridgehead atoms. The van der Waals surface area contributed by atoms with Crippen LogP contribution in [0.3, 0.4) is 0 Å². The molecule has 0 aliphatic rings. The molecule has 0 spiro atoms. The second kappa shape index (κ2) is 7.82. The van der Waals surface area contributed by atoms with Crippen molar-refractivity contribution in [3.8, 4) is 5.75 Å². The lowest BCUT2D eigenvalue weighted by molar-refractivity contribution is 0.102. The zero-order chi connectivity index (χ0) is 15.4. The summed E-state index contributed by atoms with van der Waals surface area (Å²) in [4.78, 5) is 12.1. The molecule has 22 heavy (non-hydrogen) atoms. The fourth-order valence-electron chi connectivity index (χ4n) is 1.76. The van der Waals surface area contributed by atoms with Gasteiger partial charge in [-0.3, -0.25) is 4.79 Å². The van der Waals surface area contributed by atoms with E-state index in [1.54, 1.807) is 0 Å². The first kappa shape index (κ1) is 18.0. The highest BCUT2D eigenvalue weighted by Gasteiger charge is 2.14. The number of amides is 1. The van der Waals surface area contributed by atoms with Gasteiger partial charge in [-0.1, -0.05) is 0 Å². The number of hydrogen-bond acceptors (Lipinski definition) is 4. The van der Waals surface area contributed by atoms with Crippen LogP contribution >= 0.6 is 12.4 Å². The van der Waals surface area contributed by atoms with Crippen molar-refractivity contribution in [3.63, 3.8) is 0 Å². The molecule has 0 saturated carbocycles. The maximum Gasteiger partial charge on any atom is 0.259 e. The Balaban J connectivity index is 0.00000242. The van der Waals surface area contributed by atoms with Gasteiger partial charge in [0.25, 0.3) is 5.91 Å². The quantitative estimate of drug-likeness (QED) is 0.882. The van der Waals surface area contributed by atoms with Crippen LogP contribution in [0.1, 0.15) is 30.0 Å². The fourth-order valence-corrected chi connectivity index (χ4v) is 1.76. The molecule has 1 heterocycles. The highest BCUT2D eigenvalue weighted by Crippen LogP contribution is 2.27. The second-order valence-electron chi connectivity index (χ2n) is 4.77. The first-order valence-corrected chi connectivity index (χ1v) is 6.54. The van der Waals surface area contributed by atoms with E-state index in [4.69, 9.17) is 14.9 Å². The summed E-state index contributed by atoms with van der Waals surface area (Å²) in [6.45, 7) is 3.89. The Morgan fingerprint density at radius 1 is 1.41 bits per heavy atom. The molecular weight excluding hydrogens is 311 g/mol. The lowest BCUT2D eigenvalue weighted by atomic mass is 10.2. The minimum atomic E-state index is -0.462. The van der Waals surface area contributed by atoms with Gasteiger partial charge in [0, 0.05) is 6.07 Å². The predicted molar refractivity (Wildman–Crippen MR) is 84.0 cm³/mol. The van der Waals surface area contributed by atoms with E-state index in [0.717, 1.165) is 0 Å². The zero-order valence-corrected chi connectivity index (χ0v) is 13.1. The molecule has 0 saturated heterocycles. The van der Waals surface area contributed by atoms with Gasteiger partial charge in [-0.25, -0.2) is 4.39 Å². The minimum absolute atomic E-state index is 0. The summed E-state index contributed by atoms with van der Waals surface area (Å²) >= 11 is 0. The Kier molecular flexibility index (Phi) is 6.39. The number of nitrogens with one attached hydrogen (secondary N) is 1. The molecule has 0 radical (unpaired) electrons. The molecular formula is C15H18ClFN2O3. The van der Waals surface area contributed by atoms with Gasteiger partial charge < -0.3 is 20.2 Å². The summed E-state index contributed by atoms with van der Waals surface area (Å²) in [5.74, 6) is 0.0224. The fraction of sp³-hybridized carbons (Fsp3) is 0.267. The van der Waals surface area contributed by atoms with Gasteiger partial charge in [-0.2, -0.15) is 0 Å². The van der Waals surface area contributed by atoms with Crippen molar-refractivity contribution in [1.29, 1.82) is 0 Å². The molecule has 3 N–H and O–H groups in total. The Morgan fingerprint density at radius 3 is 2.73 bits per heavy atom. The van der Waals surface area contributed by atoms with E-state index in [9.17, 15) is 9.18 Å². The summed E-state index contributed by atoms with van der Waals surface area (Å²) < 4.78 is 24.0. The van der Waals surface area contributed by atoms with Crippen LogP contribution in [0, 0.1) is 5.82 Å². The number of anilines is 1. The Labute approximate surface area is 134 Å². The van der Waals surface area contributed by atoms with Gasteiger partial charge in [0.2, 0.25) is 0 Å². The number of hydrogen-bond donors (Lipinski definition) is 2. The third-order valence-corrected chi connectivity index (χ3v) is 2.67. The van der Waals surface area contributed by atoms with Crippen LogP contribution in [0.15, 0.2) is 34.9 Å². The van der Waals surface area contributed by atoms with Crippen molar-refractivity contribution < 1.29 is 18.3 Å². The molecule has 7 heteroatoms. The number of benzene rings is 1. The molecule has 2 rings (SSSR count). The van der Waals surface area contributed by atoms with Crippen LogP contribution in [-0.2, 0) is 6.54 Å². The lowest BCUT2D eigenvalue weighted by Gasteiger charge is -2.14. The van der Waals surface area contributed by atoms with Crippen LogP contribution in [0.25, 0.3) is 0 Å². The first-order valence-electron chi connectivity index (χ1n) is 6.54. The van der Waals surface area contributed by atoms with Gasteiger partial charge in [0.1, 0.15) is 23.6 Å². The summed E-state index contributed by atoms with van der Waals surface area (Å²) in [6.07, 6.45) is 1.21. The van der Waals surface area contributed by atoms with Crippen molar-refractivity contribution in [2.75, 3.05) is 5.32 Å². The van der Waals surface area contributed by atoms with E-state index in [-0.39, 0.29) is 30.7 Å². The Bertz CT molecular complexity index is 643. The standard InChI is InChI=1S/C15H17FN2O3.ClH/c1-9(2)21-14-4-3-11(16)6-13(14)18-15(19)10-5-12(7-17)20-8-10;/h3-6,8-9H,7,17H2,1-2H3,(H,18,19);1H. The van der Waals surface area contributed by atoms with Gasteiger partial charge in [0.15, 0.2) is 0 Å². The maximum absolute atomic E-state index is 13.4. The molecule has 0 unspecified atom stereocenters. The number of halogens is 2. The molecule has 1 aromatic carbocycles. The summed E-state index contributed by atoms with van der Waals surface area (Å²) in [5, 5.41) is 2.61. The summed E-state index contributed by atoms with van der Waals surface area (Å²) in [5.41, 5.74) is 6.00. The second-order valence-corrected chi connectivity index (χ2v) is 4.77. The van der Waals surface area contributed by atoms with Crippen LogP contribution in [0.5, 0.6) is 5.75 Å². The summed E-state index contributed by atoms with van der Waals surface area (Å²) in [6, 6.07) is 5.50. The van der Waals surface area contributed by atoms with E-state index in [2.05, 4.69) is 5.32 Å². The molecule has 0 fully saturated rings. The topological polar surface area (TPSA) is 77.5 Å². The molecule has 5 nitrogen and oxygen atoms in total. The van der Waals surface area contributed by atoms with E-state index in [0.29, 0.717) is 17.1 Å². The normalized spacial score (nSPS) is 10.2. The molecule has 0 aliphatic heterocycles. The van der Waals surface area contributed by atoms with Crippen molar-refractivity contribution in [1.82, 2.24) is 0 Å². The van der Waals surface area contributed by atoms with E-state index in [1.807, 2.05) is 13.8 Å². The van der Waals surface area contributed by atoms with Gasteiger partial charge in [-0.15, -0.1) is 12.4 Å². The highest BCUT2D eigenvalue weighted by atomic mass is 35.5. The van der Waals surface area contributed by atoms with Crippen LogP contribution in [-0.4, -0.2) is 12.0 Å². The van der Waals surface area contributed by atoms with Crippen LogP contribution in [0.2, 0.25) is 0 Å². The van der Waals surface area contributed by atoms with Gasteiger partial charge in [-0.05, 0) is 32.0 Å². The number of rotatable bonds is 5. The number of nitrogens with two attached hydrogens (primary N) is 1. The van der Waals surface area contributed by atoms with E-state index in [1.165, 1.54) is 30.5 Å². The third-order valence-electron chi connectivity index (χ3n) is 2.67. The maximum atomic E-state index is 13.4. The van der Waals surface area contributed by atoms with E-state index >= 15 is 0 Å². The predicted octanol–water partition coefficient (Wildman–Crippen LogP) is 3.34. The molecule has 1 amide bonds.